The summed E-state index contributed by atoms with van der Waals surface area (Å²) in [6, 6.07) is 20.1. The number of carbonyl (C=O) groups is 1. The first-order valence-corrected chi connectivity index (χ1v) is 12.2. The molecule has 0 radical (unpaired) electrons. The van der Waals surface area contributed by atoms with E-state index in [2.05, 4.69) is 11.1 Å². The van der Waals surface area contributed by atoms with Gasteiger partial charge in [0.2, 0.25) is 0 Å². The van der Waals surface area contributed by atoms with E-state index in [4.69, 9.17) is 22.1 Å². The summed E-state index contributed by atoms with van der Waals surface area (Å²) in [5, 5.41) is 0.732. The molecule has 0 spiro atoms. The summed E-state index contributed by atoms with van der Waals surface area (Å²) in [4.78, 5) is 20.0. The summed E-state index contributed by atoms with van der Waals surface area (Å²) in [6.07, 6.45) is 7.04. The van der Waals surface area contributed by atoms with Gasteiger partial charge in [-0.1, -0.05) is 54.1 Å². The lowest BCUT2D eigenvalue weighted by atomic mass is 9.68. The third-order valence-electron chi connectivity index (χ3n) is 7.07. The van der Waals surface area contributed by atoms with Gasteiger partial charge >= 0.3 is 0 Å². The summed E-state index contributed by atoms with van der Waals surface area (Å²) in [5.74, 6) is -0.00432. The van der Waals surface area contributed by atoms with Crippen LogP contribution in [0.15, 0.2) is 73.1 Å². The fourth-order valence-electron chi connectivity index (χ4n) is 5.05. The topological polar surface area (TPSA) is 68.5 Å². The van der Waals surface area contributed by atoms with Gasteiger partial charge in [-0.25, -0.2) is 0 Å². The van der Waals surface area contributed by atoms with Gasteiger partial charge in [0.25, 0.3) is 5.91 Å². The van der Waals surface area contributed by atoms with E-state index in [0.29, 0.717) is 25.3 Å². The lowest BCUT2D eigenvalue weighted by Gasteiger charge is -2.43. The molecule has 0 bridgehead atoms. The monoisotopic (exact) mass is 513 g/mol. The Labute approximate surface area is 219 Å². The summed E-state index contributed by atoms with van der Waals surface area (Å²) >= 11 is 6.27. The molecule has 1 aliphatic rings. The molecule has 0 atom stereocenters. The Bertz CT molecular complexity index is 1100. The minimum Gasteiger partial charge on any atom is -0.383 e. The van der Waals surface area contributed by atoms with E-state index >= 15 is 0 Å². The van der Waals surface area contributed by atoms with Crippen molar-refractivity contribution in [1.29, 1.82) is 0 Å². The van der Waals surface area contributed by atoms with Crippen LogP contribution in [0.4, 0.5) is 0 Å². The number of nitrogens with two attached hydrogens (primary N) is 1. The second-order valence-corrected chi connectivity index (χ2v) is 9.48. The van der Waals surface area contributed by atoms with Gasteiger partial charge in [0.05, 0.1) is 12.2 Å². The van der Waals surface area contributed by atoms with E-state index in [9.17, 15) is 4.79 Å². The third-order valence-corrected chi connectivity index (χ3v) is 7.31. The van der Waals surface area contributed by atoms with Crippen molar-refractivity contribution in [3.63, 3.8) is 0 Å². The Morgan fingerprint density at radius 1 is 1.09 bits per heavy atom. The minimum absolute atomic E-state index is 0. The maximum absolute atomic E-state index is 13.7. The van der Waals surface area contributed by atoms with Gasteiger partial charge in [-0.05, 0) is 55.0 Å². The molecule has 0 saturated heterocycles. The van der Waals surface area contributed by atoms with Crippen LogP contribution < -0.4 is 5.73 Å². The molecular formula is C28H33Cl2N3O2. The maximum atomic E-state index is 13.7. The van der Waals surface area contributed by atoms with Gasteiger partial charge in [-0.2, -0.15) is 0 Å². The quantitative estimate of drug-likeness (QED) is 0.416. The number of nitrogens with zero attached hydrogens (tertiary/aromatic N) is 2. The molecule has 35 heavy (non-hydrogen) atoms. The zero-order chi connectivity index (χ0) is 24.0. The number of methoxy groups -OCH3 is 1. The van der Waals surface area contributed by atoms with Gasteiger partial charge in [0.1, 0.15) is 0 Å². The fraction of sp³-hybridized carbons (Fsp3) is 0.357. The van der Waals surface area contributed by atoms with Crippen molar-refractivity contribution in [1.82, 2.24) is 9.88 Å². The average Bonchev–Trinajstić information content (AvgIpc) is 2.90. The van der Waals surface area contributed by atoms with E-state index in [-0.39, 0.29) is 29.8 Å². The number of halogens is 2. The summed E-state index contributed by atoms with van der Waals surface area (Å²) in [7, 11) is 1.67. The van der Waals surface area contributed by atoms with Crippen LogP contribution >= 0.6 is 24.0 Å². The number of ether oxygens (including phenoxy) is 1. The summed E-state index contributed by atoms with van der Waals surface area (Å²) in [5.41, 5.74) is 9.95. The second kappa shape index (κ2) is 12.5. The van der Waals surface area contributed by atoms with Crippen LogP contribution in [0.5, 0.6) is 0 Å². The lowest BCUT2D eigenvalue weighted by molar-refractivity contribution is 0.0507. The molecule has 3 aromatic rings. The first kappa shape index (κ1) is 27.2. The molecule has 1 saturated carbocycles. The normalized spacial score (nSPS) is 19.6. The highest BCUT2D eigenvalue weighted by molar-refractivity contribution is 6.30. The number of pyridine rings is 1. The van der Waals surface area contributed by atoms with Gasteiger partial charge in [-0.3, -0.25) is 9.78 Å². The van der Waals surface area contributed by atoms with Crippen LogP contribution in [-0.2, 0) is 10.2 Å². The minimum atomic E-state index is -0.105. The van der Waals surface area contributed by atoms with Crippen molar-refractivity contribution < 1.29 is 9.53 Å². The van der Waals surface area contributed by atoms with Crippen LogP contribution in [0.1, 0.15) is 41.6 Å². The number of hydrogen-bond donors (Lipinski definition) is 1. The largest absolute Gasteiger partial charge is 0.383 e. The van der Waals surface area contributed by atoms with E-state index < -0.39 is 0 Å². The van der Waals surface area contributed by atoms with E-state index in [1.165, 1.54) is 5.56 Å². The van der Waals surface area contributed by atoms with Crippen molar-refractivity contribution in [2.75, 3.05) is 26.8 Å². The predicted octanol–water partition coefficient (Wildman–Crippen LogP) is 5.75. The van der Waals surface area contributed by atoms with Crippen LogP contribution in [0.3, 0.4) is 0 Å². The predicted molar refractivity (Wildman–Crippen MR) is 144 cm³/mol. The molecular weight excluding hydrogens is 481 g/mol. The number of amides is 1. The van der Waals surface area contributed by atoms with E-state index in [1.54, 1.807) is 19.5 Å². The van der Waals surface area contributed by atoms with E-state index in [1.807, 2.05) is 59.5 Å². The van der Waals surface area contributed by atoms with Crippen LogP contribution in [0.2, 0.25) is 5.02 Å². The zero-order valence-corrected chi connectivity index (χ0v) is 21.6. The molecule has 1 aliphatic carbocycles. The lowest BCUT2D eigenvalue weighted by Crippen LogP contribution is -2.48. The number of rotatable bonds is 8. The molecule has 1 heterocycles. The van der Waals surface area contributed by atoms with Crippen LogP contribution in [-0.4, -0.2) is 48.6 Å². The van der Waals surface area contributed by atoms with Gasteiger partial charge in [0.15, 0.2) is 0 Å². The summed E-state index contributed by atoms with van der Waals surface area (Å²) in [6.45, 7) is 1.60. The van der Waals surface area contributed by atoms with Gasteiger partial charge in [-0.15, -0.1) is 12.4 Å². The molecule has 1 amide bonds. The Balaban J connectivity index is 0.00000342. The van der Waals surface area contributed by atoms with Crippen molar-refractivity contribution in [2.45, 2.75) is 37.1 Å². The Kier molecular flexibility index (Phi) is 9.70. The first-order valence-electron chi connectivity index (χ1n) is 11.8. The highest BCUT2D eigenvalue weighted by atomic mass is 35.5. The number of hydrogen-bond acceptors (Lipinski definition) is 4. The van der Waals surface area contributed by atoms with Crippen molar-refractivity contribution in [3.05, 3.63) is 89.2 Å². The molecule has 0 aliphatic heterocycles. The molecule has 0 unspecified atom stereocenters. The SMILES string of the molecule is COCCN(C(=O)c1cncc(-c2ccccc2)c1)[C@H]1CC[C@@](CN)(c2cccc(Cl)c2)CC1.Cl. The highest BCUT2D eigenvalue weighted by Crippen LogP contribution is 2.41. The second-order valence-electron chi connectivity index (χ2n) is 9.05. The number of carbonyl (C=O) groups excluding carboxylic acids is 1. The van der Waals surface area contributed by atoms with Crippen molar-refractivity contribution in [3.8, 4) is 11.1 Å². The molecule has 2 N–H and O–H groups in total. The number of benzene rings is 2. The number of aromatic nitrogens is 1. The third kappa shape index (κ3) is 6.22. The molecule has 186 valence electrons. The molecule has 5 nitrogen and oxygen atoms in total. The molecule has 7 heteroatoms. The van der Waals surface area contributed by atoms with Crippen LogP contribution in [0, 0.1) is 0 Å². The molecule has 4 rings (SSSR count). The summed E-state index contributed by atoms with van der Waals surface area (Å²) < 4.78 is 5.34. The van der Waals surface area contributed by atoms with Crippen molar-refractivity contribution in [2.24, 2.45) is 5.73 Å². The molecule has 1 fully saturated rings. The molecule has 1 aromatic heterocycles. The molecule has 2 aromatic carbocycles. The fourth-order valence-corrected chi connectivity index (χ4v) is 5.24. The Hall–Kier alpha value is -2.44. The van der Waals surface area contributed by atoms with E-state index in [0.717, 1.165) is 41.8 Å². The first-order chi connectivity index (χ1) is 16.6. The van der Waals surface area contributed by atoms with Crippen LogP contribution in [0.25, 0.3) is 11.1 Å². The standard InChI is InChI=1S/C28H32ClN3O2.ClH/c1-34-15-14-32(27(33)23-16-22(18-31-19-23)21-6-3-2-4-7-21)26-10-12-28(20-30,13-11-26)24-8-5-9-25(29)17-24;/h2-9,16-19,26H,10-15,20,30H2,1H3;1H/t26-,28+;. The highest BCUT2D eigenvalue weighted by Gasteiger charge is 2.38. The van der Waals surface area contributed by atoms with Gasteiger partial charge < -0.3 is 15.4 Å². The smallest absolute Gasteiger partial charge is 0.255 e. The average molecular weight is 514 g/mol. The van der Waals surface area contributed by atoms with Crippen molar-refractivity contribution >= 4 is 29.9 Å². The maximum Gasteiger partial charge on any atom is 0.255 e. The van der Waals surface area contributed by atoms with Gasteiger partial charge in [0, 0.05) is 54.6 Å². The zero-order valence-electron chi connectivity index (χ0n) is 20.0. The Morgan fingerprint density at radius 3 is 2.49 bits per heavy atom. The Morgan fingerprint density at radius 2 is 1.83 bits per heavy atom.